The molecule has 1 rings (SSSR count). The van der Waals surface area contributed by atoms with Crippen molar-refractivity contribution in [2.45, 2.75) is 13.3 Å². The van der Waals surface area contributed by atoms with Crippen molar-refractivity contribution in [2.75, 3.05) is 13.2 Å². The predicted molar refractivity (Wildman–Crippen MR) is 69.8 cm³/mol. The van der Waals surface area contributed by atoms with Crippen molar-refractivity contribution in [2.24, 2.45) is 0 Å². The first kappa shape index (κ1) is 14.8. The number of nitro benzene ring substituents is 1. The zero-order valence-corrected chi connectivity index (χ0v) is 10.5. The summed E-state index contributed by atoms with van der Waals surface area (Å²) < 4.78 is 4.79. The van der Waals surface area contributed by atoms with Gasteiger partial charge in [0.05, 0.1) is 22.7 Å². The van der Waals surface area contributed by atoms with E-state index in [1.807, 2.05) is 0 Å². The summed E-state index contributed by atoms with van der Waals surface area (Å²) >= 11 is 0. The van der Waals surface area contributed by atoms with E-state index in [1.54, 1.807) is 19.1 Å². The van der Waals surface area contributed by atoms with Gasteiger partial charge < -0.3 is 9.84 Å². The number of hydrogen-bond acceptors (Lipinski definition) is 5. The third kappa shape index (κ3) is 4.18. The average Bonchev–Trinajstić information content (AvgIpc) is 2.39. The van der Waals surface area contributed by atoms with E-state index in [4.69, 9.17) is 9.84 Å². The maximum atomic E-state index is 11.5. The number of rotatable bonds is 6. The molecule has 0 heterocycles. The Balaban J connectivity index is 3.07. The molecule has 1 N–H and O–H groups in total. The molecule has 1 aromatic rings. The van der Waals surface area contributed by atoms with Crippen molar-refractivity contribution in [3.63, 3.8) is 0 Å². The van der Waals surface area contributed by atoms with Gasteiger partial charge in [-0.1, -0.05) is 12.2 Å². The monoisotopic (exact) mass is 265 g/mol. The zero-order chi connectivity index (χ0) is 14.3. The second-order valence-electron chi connectivity index (χ2n) is 3.67. The average molecular weight is 265 g/mol. The highest BCUT2D eigenvalue weighted by molar-refractivity contribution is 5.90. The van der Waals surface area contributed by atoms with E-state index < -0.39 is 10.9 Å². The van der Waals surface area contributed by atoms with Gasteiger partial charge in [-0.25, -0.2) is 4.79 Å². The van der Waals surface area contributed by atoms with Crippen LogP contribution in [0, 0.1) is 10.1 Å². The summed E-state index contributed by atoms with van der Waals surface area (Å²) in [4.78, 5) is 21.9. The number of nitro groups is 1. The zero-order valence-electron chi connectivity index (χ0n) is 10.5. The molecule has 1 aromatic carbocycles. The van der Waals surface area contributed by atoms with E-state index in [0.29, 0.717) is 12.0 Å². The van der Waals surface area contributed by atoms with E-state index in [-0.39, 0.29) is 24.5 Å². The molecular formula is C13H15NO5. The molecule has 0 amide bonds. The number of hydrogen-bond donors (Lipinski definition) is 1. The van der Waals surface area contributed by atoms with Crippen molar-refractivity contribution in [1.29, 1.82) is 0 Å². The fourth-order valence-corrected chi connectivity index (χ4v) is 1.47. The van der Waals surface area contributed by atoms with E-state index in [1.165, 1.54) is 18.2 Å². The summed E-state index contributed by atoms with van der Waals surface area (Å²) in [5.41, 5.74) is 0.360. The first-order chi connectivity index (χ1) is 9.10. The first-order valence-electron chi connectivity index (χ1n) is 5.83. The Kier molecular flexibility index (Phi) is 5.69. The van der Waals surface area contributed by atoms with E-state index in [0.717, 1.165) is 0 Å². The predicted octanol–water partition coefficient (Wildman–Crippen LogP) is 2.17. The van der Waals surface area contributed by atoms with Gasteiger partial charge in [0.1, 0.15) is 0 Å². The number of carbonyl (C=O) groups excluding carboxylic acids is 1. The summed E-state index contributed by atoms with van der Waals surface area (Å²) in [6.45, 7) is 1.86. The molecule has 0 bridgehead atoms. The van der Waals surface area contributed by atoms with Crippen molar-refractivity contribution < 1.29 is 19.6 Å². The van der Waals surface area contributed by atoms with Crippen LogP contribution in [0.4, 0.5) is 5.69 Å². The molecule has 0 aliphatic heterocycles. The van der Waals surface area contributed by atoms with Gasteiger partial charge >= 0.3 is 5.97 Å². The smallest absolute Gasteiger partial charge is 0.338 e. The molecule has 0 aliphatic carbocycles. The minimum Gasteiger partial charge on any atom is -0.462 e. The van der Waals surface area contributed by atoms with Crippen LogP contribution in [0.2, 0.25) is 0 Å². The highest BCUT2D eigenvalue weighted by Crippen LogP contribution is 2.22. The van der Waals surface area contributed by atoms with Gasteiger partial charge in [0.2, 0.25) is 0 Å². The molecule has 6 heteroatoms. The van der Waals surface area contributed by atoms with Gasteiger partial charge in [-0.15, -0.1) is 0 Å². The normalized spacial score (nSPS) is 10.6. The Hall–Kier alpha value is -2.21. The van der Waals surface area contributed by atoms with E-state index in [9.17, 15) is 14.9 Å². The molecule has 19 heavy (non-hydrogen) atoms. The standard InChI is InChI=1S/C13H15NO5/c1-2-19-13(16)11-7-6-10(5-3-4-8-15)12(9-11)14(17)18/h3,5-7,9,15H,2,4,8H2,1H3. The SMILES string of the molecule is CCOC(=O)c1ccc(C=CCCO)c([N+](=O)[O-])c1. The minimum atomic E-state index is -0.587. The highest BCUT2D eigenvalue weighted by atomic mass is 16.6. The number of aliphatic hydroxyl groups is 1. The molecular weight excluding hydrogens is 250 g/mol. The Bertz CT molecular complexity index is 496. The first-order valence-corrected chi connectivity index (χ1v) is 5.83. The number of aliphatic hydroxyl groups excluding tert-OH is 1. The number of nitrogens with zero attached hydrogens (tertiary/aromatic N) is 1. The van der Waals surface area contributed by atoms with Crippen molar-refractivity contribution in [3.05, 3.63) is 45.5 Å². The van der Waals surface area contributed by atoms with Crippen LogP contribution in [0.5, 0.6) is 0 Å². The van der Waals surface area contributed by atoms with Gasteiger partial charge in [-0.05, 0) is 25.5 Å². The summed E-state index contributed by atoms with van der Waals surface area (Å²) in [7, 11) is 0. The van der Waals surface area contributed by atoms with Crippen molar-refractivity contribution in [1.82, 2.24) is 0 Å². The lowest BCUT2D eigenvalue weighted by Crippen LogP contribution is -2.05. The molecule has 0 radical (unpaired) electrons. The maximum Gasteiger partial charge on any atom is 0.338 e. The summed E-state index contributed by atoms with van der Waals surface area (Å²) in [6.07, 6.45) is 3.59. The summed E-state index contributed by atoms with van der Waals surface area (Å²) in [5, 5.41) is 19.6. The van der Waals surface area contributed by atoms with Gasteiger partial charge in [0.25, 0.3) is 5.69 Å². The lowest BCUT2D eigenvalue weighted by atomic mass is 10.1. The molecule has 0 saturated heterocycles. The highest BCUT2D eigenvalue weighted by Gasteiger charge is 2.16. The Morgan fingerprint density at radius 2 is 2.26 bits per heavy atom. The quantitative estimate of drug-likeness (QED) is 0.483. The van der Waals surface area contributed by atoms with E-state index in [2.05, 4.69) is 0 Å². The number of carbonyl (C=O) groups is 1. The van der Waals surface area contributed by atoms with Gasteiger partial charge in [-0.3, -0.25) is 10.1 Å². The molecule has 0 unspecified atom stereocenters. The molecule has 0 aliphatic rings. The number of ether oxygens (including phenoxy) is 1. The van der Waals surface area contributed by atoms with Crippen LogP contribution in [0.15, 0.2) is 24.3 Å². The lowest BCUT2D eigenvalue weighted by molar-refractivity contribution is -0.385. The summed E-state index contributed by atoms with van der Waals surface area (Å²) in [5.74, 6) is -0.587. The largest absolute Gasteiger partial charge is 0.462 e. The van der Waals surface area contributed by atoms with Crippen LogP contribution in [0.1, 0.15) is 29.3 Å². The molecule has 0 saturated carbocycles. The number of esters is 1. The molecule has 6 nitrogen and oxygen atoms in total. The van der Waals surface area contributed by atoms with Crippen LogP contribution < -0.4 is 0 Å². The maximum absolute atomic E-state index is 11.5. The van der Waals surface area contributed by atoms with Crippen LogP contribution in [0.25, 0.3) is 6.08 Å². The van der Waals surface area contributed by atoms with Crippen LogP contribution in [-0.2, 0) is 4.74 Å². The van der Waals surface area contributed by atoms with Crippen LogP contribution in [0.3, 0.4) is 0 Å². The fraction of sp³-hybridized carbons (Fsp3) is 0.308. The molecule has 0 spiro atoms. The third-order valence-electron chi connectivity index (χ3n) is 2.33. The van der Waals surface area contributed by atoms with Crippen LogP contribution >= 0.6 is 0 Å². The van der Waals surface area contributed by atoms with Crippen molar-refractivity contribution in [3.8, 4) is 0 Å². The lowest BCUT2D eigenvalue weighted by Gasteiger charge is -2.03. The molecule has 0 aromatic heterocycles. The van der Waals surface area contributed by atoms with Gasteiger partial charge in [0.15, 0.2) is 0 Å². The molecule has 102 valence electrons. The fourth-order valence-electron chi connectivity index (χ4n) is 1.47. The van der Waals surface area contributed by atoms with Crippen LogP contribution in [-0.4, -0.2) is 29.2 Å². The van der Waals surface area contributed by atoms with Crippen molar-refractivity contribution >= 4 is 17.7 Å². The van der Waals surface area contributed by atoms with E-state index >= 15 is 0 Å². The van der Waals surface area contributed by atoms with Gasteiger partial charge in [0, 0.05) is 12.7 Å². The van der Waals surface area contributed by atoms with Gasteiger partial charge in [-0.2, -0.15) is 0 Å². The second-order valence-corrected chi connectivity index (χ2v) is 3.67. The molecule has 0 fully saturated rings. The summed E-state index contributed by atoms with van der Waals surface area (Å²) in [6, 6.07) is 4.15. The topological polar surface area (TPSA) is 89.7 Å². The second kappa shape index (κ2) is 7.27. The minimum absolute atomic E-state index is 0.0226. The number of benzene rings is 1. The Morgan fingerprint density at radius 3 is 2.84 bits per heavy atom. The Labute approximate surface area is 110 Å². The third-order valence-corrected chi connectivity index (χ3v) is 2.33. The molecule has 0 atom stereocenters. The Morgan fingerprint density at radius 1 is 1.53 bits per heavy atom.